The third-order valence-corrected chi connectivity index (χ3v) is 2.93. The summed E-state index contributed by atoms with van der Waals surface area (Å²) in [5.74, 6) is -0.925. The topological polar surface area (TPSA) is 50.2 Å². The molecule has 1 aromatic heterocycles. The van der Waals surface area contributed by atoms with Gasteiger partial charge in [0.2, 0.25) is 0 Å². The lowest BCUT2D eigenvalue weighted by molar-refractivity contribution is -0.130. The van der Waals surface area contributed by atoms with Crippen LogP contribution in [-0.4, -0.2) is 16.1 Å². The summed E-state index contributed by atoms with van der Waals surface area (Å²) >= 11 is 0. The molecule has 0 saturated carbocycles. The van der Waals surface area contributed by atoms with Gasteiger partial charge < -0.3 is 5.11 Å². The highest BCUT2D eigenvalue weighted by molar-refractivity contribution is 6.21. The molecule has 0 fully saturated rings. The summed E-state index contributed by atoms with van der Waals surface area (Å²) < 4.78 is 0. The Hall–Kier alpha value is -2.42. The lowest BCUT2D eigenvalue weighted by Crippen LogP contribution is -2.02. The van der Waals surface area contributed by atoms with Crippen LogP contribution in [0, 0.1) is 13.8 Å². The fourth-order valence-electron chi connectivity index (χ4n) is 1.91. The predicted molar refractivity (Wildman–Crippen MR) is 75.7 cm³/mol. The Morgan fingerprint density at radius 1 is 1.16 bits per heavy atom. The van der Waals surface area contributed by atoms with Gasteiger partial charge in [-0.25, -0.2) is 4.79 Å². The molecule has 0 atom stereocenters. The Bertz CT molecular complexity index is 630. The van der Waals surface area contributed by atoms with Crippen LogP contribution in [0.5, 0.6) is 0 Å². The van der Waals surface area contributed by atoms with Crippen LogP contribution in [0.1, 0.15) is 22.3 Å². The summed E-state index contributed by atoms with van der Waals surface area (Å²) in [6.45, 7) is 3.87. The van der Waals surface area contributed by atoms with Gasteiger partial charge >= 0.3 is 5.97 Å². The number of nitrogens with zero attached hydrogens (tertiary/aromatic N) is 1. The van der Waals surface area contributed by atoms with Crippen LogP contribution in [0.15, 0.2) is 42.7 Å². The third kappa shape index (κ3) is 3.07. The molecule has 1 heterocycles. The van der Waals surface area contributed by atoms with Crippen molar-refractivity contribution in [3.8, 4) is 0 Å². The molecule has 0 bridgehead atoms. The van der Waals surface area contributed by atoms with Crippen molar-refractivity contribution in [2.75, 3.05) is 0 Å². The molecule has 0 aliphatic carbocycles. The minimum Gasteiger partial charge on any atom is -0.478 e. The molecule has 19 heavy (non-hydrogen) atoms. The quantitative estimate of drug-likeness (QED) is 0.854. The zero-order valence-corrected chi connectivity index (χ0v) is 10.9. The molecule has 3 heteroatoms. The first kappa shape index (κ1) is 13.0. The summed E-state index contributed by atoms with van der Waals surface area (Å²) in [5, 5.41) is 9.42. The van der Waals surface area contributed by atoms with E-state index < -0.39 is 5.97 Å². The van der Waals surface area contributed by atoms with Gasteiger partial charge in [0.15, 0.2) is 0 Å². The van der Waals surface area contributed by atoms with Gasteiger partial charge in [-0.1, -0.05) is 23.8 Å². The summed E-state index contributed by atoms with van der Waals surface area (Å²) in [5.41, 5.74) is 3.88. The van der Waals surface area contributed by atoms with Gasteiger partial charge in [-0.15, -0.1) is 0 Å². The van der Waals surface area contributed by atoms with Gasteiger partial charge in [0.25, 0.3) is 0 Å². The summed E-state index contributed by atoms with van der Waals surface area (Å²) in [6, 6.07) is 9.39. The van der Waals surface area contributed by atoms with E-state index in [1.807, 2.05) is 32.0 Å². The van der Waals surface area contributed by atoms with Crippen LogP contribution in [-0.2, 0) is 4.79 Å². The van der Waals surface area contributed by atoms with Gasteiger partial charge in [-0.05, 0) is 48.7 Å². The zero-order valence-electron chi connectivity index (χ0n) is 10.9. The normalized spacial score (nSPS) is 11.4. The van der Waals surface area contributed by atoms with E-state index in [1.54, 1.807) is 30.6 Å². The third-order valence-electron chi connectivity index (χ3n) is 2.93. The second-order valence-corrected chi connectivity index (χ2v) is 4.46. The average molecular weight is 253 g/mol. The Labute approximate surface area is 112 Å². The maximum atomic E-state index is 11.5. The fraction of sp³-hybridized carbons (Fsp3) is 0.125. The van der Waals surface area contributed by atoms with Crippen molar-refractivity contribution in [2.24, 2.45) is 0 Å². The maximum Gasteiger partial charge on any atom is 0.336 e. The van der Waals surface area contributed by atoms with Crippen LogP contribution in [0.2, 0.25) is 0 Å². The number of rotatable bonds is 3. The molecule has 2 rings (SSSR count). The molecule has 3 nitrogen and oxygen atoms in total. The van der Waals surface area contributed by atoms with Crippen LogP contribution in [0.3, 0.4) is 0 Å². The molecule has 0 saturated heterocycles. The predicted octanol–water partition coefficient (Wildman–Crippen LogP) is 3.32. The maximum absolute atomic E-state index is 11.5. The largest absolute Gasteiger partial charge is 0.478 e. The number of carboxylic acids is 1. The van der Waals surface area contributed by atoms with E-state index >= 15 is 0 Å². The lowest BCUT2D eigenvalue weighted by atomic mass is 9.97. The molecule has 0 unspecified atom stereocenters. The summed E-state index contributed by atoms with van der Waals surface area (Å²) in [6.07, 6.45) is 4.97. The number of hydrogen-bond donors (Lipinski definition) is 1. The minimum atomic E-state index is -0.925. The highest BCUT2D eigenvalue weighted by atomic mass is 16.4. The first-order chi connectivity index (χ1) is 9.08. The highest BCUT2D eigenvalue weighted by Crippen LogP contribution is 2.23. The van der Waals surface area contributed by atoms with Crippen molar-refractivity contribution in [3.63, 3.8) is 0 Å². The van der Waals surface area contributed by atoms with Gasteiger partial charge in [0.05, 0.1) is 5.57 Å². The van der Waals surface area contributed by atoms with Crippen molar-refractivity contribution in [1.82, 2.24) is 4.98 Å². The number of aryl methyl sites for hydroxylation is 2. The molecule has 2 aromatic rings. The average Bonchev–Trinajstić information content (AvgIpc) is 2.40. The molecular weight excluding hydrogens is 238 g/mol. The van der Waals surface area contributed by atoms with Gasteiger partial charge in [-0.2, -0.15) is 0 Å². The molecule has 0 aliphatic rings. The smallest absolute Gasteiger partial charge is 0.336 e. The number of benzene rings is 1. The Balaban J connectivity index is 2.55. The van der Waals surface area contributed by atoms with Crippen LogP contribution in [0.25, 0.3) is 11.6 Å². The molecule has 1 N–H and O–H groups in total. The van der Waals surface area contributed by atoms with Crippen LogP contribution < -0.4 is 0 Å². The molecule has 0 aliphatic heterocycles. The molecular formula is C16H15NO2. The van der Waals surface area contributed by atoms with Gasteiger partial charge in [0, 0.05) is 12.4 Å². The number of carbonyl (C=O) groups is 1. The molecule has 1 aromatic carbocycles. The van der Waals surface area contributed by atoms with E-state index in [2.05, 4.69) is 4.98 Å². The highest BCUT2D eigenvalue weighted by Gasteiger charge is 2.13. The van der Waals surface area contributed by atoms with E-state index in [0.29, 0.717) is 5.57 Å². The van der Waals surface area contributed by atoms with Gasteiger partial charge in [-0.3, -0.25) is 4.98 Å². The number of aromatic nitrogens is 1. The van der Waals surface area contributed by atoms with Crippen LogP contribution >= 0.6 is 0 Å². The van der Waals surface area contributed by atoms with Crippen LogP contribution in [0.4, 0.5) is 0 Å². The first-order valence-electron chi connectivity index (χ1n) is 6.00. The van der Waals surface area contributed by atoms with Crippen molar-refractivity contribution >= 4 is 17.6 Å². The lowest BCUT2D eigenvalue weighted by Gasteiger charge is -2.08. The standard InChI is InChI=1S/C16H15NO2/c1-11-3-4-12(2)14(9-11)15(16(18)19)10-13-5-7-17-8-6-13/h3-10H,1-2H3,(H,18,19)/b15-10-. The summed E-state index contributed by atoms with van der Waals surface area (Å²) in [4.78, 5) is 15.4. The number of hydrogen-bond acceptors (Lipinski definition) is 2. The van der Waals surface area contributed by atoms with E-state index in [-0.39, 0.29) is 0 Å². The first-order valence-corrected chi connectivity index (χ1v) is 6.00. The second-order valence-electron chi connectivity index (χ2n) is 4.46. The van der Waals surface area contributed by atoms with Crippen molar-refractivity contribution in [1.29, 1.82) is 0 Å². The second kappa shape index (κ2) is 5.48. The molecule has 0 spiro atoms. The van der Waals surface area contributed by atoms with Crippen molar-refractivity contribution < 1.29 is 9.90 Å². The zero-order chi connectivity index (χ0) is 13.8. The van der Waals surface area contributed by atoms with Crippen molar-refractivity contribution in [2.45, 2.75) is 13.8 Å². The Kier molecular flexibility index (Phi) is 3.76. The van der Waals surface area contributed by atoms with E-state index in [4.69, 9.17) is 0 Å². The molecule has 0 radical (unpaired) electrons. The van der Waals surface area contributed by atoms with E-state index in [0.717, 1.165) is 22.3 Å². The SMILES string of the molecule is Cc1ccc(C)c(/C(=C/c2ccncc2)C(=O)O)c1. The van der Waals surface area contributed by atoms with Gasteiger partial charge in [0.1, 0.15) is 0 Å². The minimum absolute atomic E-state index is 0.299. The number of carboxylic acid groups (broad SMARTS) is 1. The fourth-order valence-corrected chi connectivity index (χ4v) is 1.91. The number of aliphatic carboxylic acids is 1. The summed E-state index contributed by atoms with van der Waals surface area (Å²) in [7, 11) is 0. The van der Waals surface area contributed by atoms with Crippen molar-refractivity contribution in [3.05, 3.63) is 65.0 Å². The van der Waals surface area contributed by atoms with E-state index in [9.17, 15) is 9.90 Å². The van der Waals surface area contributed by atoms with E-state index in [1.165, 1.54) is 0 Å². The molecule has 96 valence electrons. The Morgan fingerprint density at radius 3 is 2.47 bits per heavy atom. The number of pyridine rings is 1. The Morgan fingerprint density at radius 2 is 1.84 bits per heavy atom. The monoisotopic (exact) mass is 253 g/mol. The molecule has 0 amide bonds.